The number of hydrogen-bond donors (Lipinski definition) is 0. The van der Waals surface area contributed by atoms with Gasteiger partial charge >= 0.3 is 0 Å². The molecule has 1 rings (SSSR count). The van der Waals surface area contributed by atoms with Gasteiger partial charge in [-0.2, -0.15) is 0 Å². The highest BCUT2D eigenvalue weighted by Gasteiger charge is 2.17. The van der Waals surface area contributed by atoms with Crippen molar-refractivity contribution >= 4 is 11.4 Å². The van der Waals surface area contributed by atoms with Crippen LogP contribution in [0.2, 0.25) is 0 Å². The molecule has 0 aromatic heterocycles. The number of hydrogen-bond acceptors (Lipinski definition) is 3. The lowest BCUT2D eigenvalue weighted by Crippen LogP contribution is -2.06. The molecule has 0 fully saturated rings. The first-order valence-corrected chi connectivity index (χ1v) is 3.31. The number of nitrogens with zero attached hydrogens (tertiary/aromatic N) is 2. The van der Waals surface area contributed by atoms with E-state index in [4.69, 9.17) is 4.84 Å². The zero-order valence-corrected chi connectivity index (χ0v) is 6.66. The van der Waals surface area contributed by atoms with Crippen LogP contribution in [0.3, 0.4) is 0 Å². The normalized spacial score (nSPS) is 23.6. The molecule has 3 heteroatoms. The second-order valence-corrected chi connectivity index (χ2v) is 2.11. The monoisotopic (exact) mass is 150 g/mol. The van der Waals surface area contributed by atoms with Crippen LogP contribution in [0.5, 0.6) is 0 Å². The van der Waals surface area contributed by atoms with Crippen molar-refractivity contribution in [1.82, 2.24) is 0 Å². The van der Waals surface area contributed by atoms with Crippen molar-refractivity contribution in [3.8, 4) is 0 Å². The van der Waals surface area contributed by atoms with Crippen LogP contribution in [0.25, 0.3) is 0 Å². The largest absolute Gasteiger partial charge is 0.354 e. The maximum absolute atomic E-state index is 4.96. The maximum atomic E-state index is 4.96. The SMILES string of the molecule is C=C/C=C1/ON=C(C)C1=NC. The highest BCUT2D eigenvalue weighted by molar-refractivity contribution is 6.48. The average molecular weight is 150 g/mol. The molecule has 1 aliphatic heterocycles. The van der Waals surface area contributed by atoms with Crippen LogP contribution in [-0.2, 0) is 4.84 Å². The van der Waals surface area contributed by atoms with E-state index in [1.54, 1.807) is 19.2 Å². The minimum Gasteiger partial charge on any atom is -0.354 e. The molecule has 0 saturated carbocycles. The molecule has 0 aromatic rings. The molecule has 0 spiro atoms. The smallest absolute Gasteiger partial charge is 0.185 e. The fourth-order valence-corrected chi connectivity index (χ4v) is 0.871. The molecular formula is C8H10N2O. The third kappa shape index (κ3) is 1.37. The van der Waals surface area contributed by atoms with E-state index in [1.807, 2.05) is 6.92 Å². The minimum absolute atomic E-state index is 0.667. The van der Waals surface area contributed by atoms with Gasteiger partial charge in [-0.3, -0.25) is 4.99 Å². The second-order valence-electron chi connectivity index (χ2n) is 2.11. The van der Waals surface area contributed by atoms with Crippen molar-refractivity contribution in [2.45, 2.75) is 6.92 Å². The van der Waals surface area contributed by atoms with E-state index in [9.17, 15) is 0 Å². The van der Waals surface area contributed by atoms with E-state index in [0.29, 0.717) is 5.76 Å². The molecule has 11 heavy (non-hydrogen) atoms. The molecule has 0 bridgehead atoms. The number of rotatable bonds is 1. The minimum atomic E-state index is 0.667. The van der Waals surface area contributed by atoms with Gasteiger partial charge < -0.3 is 4.84 Å². The molecule has 0 aromatic carbocycles. The van der Waals surface area contributed by atoms with E-state index in [2.05, 4.69) is 16.7 Å². The fourth-order valence-electron chi connectivity index (χ4n) is 0.871. The summed E-state index contributed by atoms with van der Waals surface area (Å²) in [5.41, 5.74) is 1.60. The van der Waals surface area contributed by atoms with Gasteiger partial charge in [0, 0.05) is 7.05 Å². The molecule has 0 N–H and O–H groups in total. The molecule has 0 atom stereocenters. The average Bonchev–Trinajstić information content (AvgIpc) is 2.33. The van der Waals surface area contributed by atoms with Gasteiger partial charge in [0.2, 0.25) is 0 Å². The van der Waals surface area contributed by atoms with Gasteiger partial charge in [-0.25, -0.2) is 0 Å². The van der Waals surface area contributed by atoms with Crippen molar-refractivity contribution in [2.24, 2.45) is 10.1 Å². The summed E-state index contributed by atoms with van der Waals surface area (Å²) in [5.74, 6) is 0.667. The van der Waals surface area contributed by atoms with E-state index in [1.165, 1.54) is 0 Å². The number of oxime groups is 1. The van der Waals surface area contributed by atoms with Gasteiger partial charge in [-0.05, 0) is 13.0 Å². The van der Waals surface area contributed by atoms with E-state index in [-0.39, 0.29) is 0 Å². The lowest BCUT2D eigenvalue weighted by Gasteiger charge is -1.93. The van der Waals surface area contributed by atoms with Crippen LogP contribution >= 0.6 is 0 Å². The molecule has 0 saturated heterocycles. The molecule has 1 heterocycles. The predicted octanol–water partition coefficient (Wildman–Crippen LogP) is 1.53. The summed E-state index contributed by atoms with van der Waals surface area (Å²) in [7, 11) is 1.71. The molecule has 0 amide bonds. The zero-order valence-electron chi connectivity index (χ0n) is 6.66. The summed E-state index contributed by atoms with van der Waals surface area (Å²) in [4.78, 5) is 8.97. The Bertz CT molecular complexity index is 261. The molecular weight excluding hydrogens is 140 g/mol. The lowest BCUT2D eigenvalue weighted by atomic mass is 10.2. The third-order valence-electron chi connectivity index (χ3n) is 1.35. The summed E-state index contributed by atoms with van der Waals surface area (Å²) < 4.78 is 0. The molecule has 3 nitrogen and oxygen atoms in total. The Morgan fingerprint density at radius 3 is 2.91 bits per heavy atom. The lowest BCUT2D eigenvalue weighted by molar-refractivity contribution is 0.259. The van der Waals surface area contributed by atoms with Crippen molar-refractivity contribution in [1.29, 1.82) is 0 Å². The number of aliphatic imine (C=N–C) groups is 1. The van der Waals surface area contributed by atoms with Gasteiger partial charge in [0.15, 0.2) is 5.76 Å². The van der Waals surface area contributed by atoms with Crippen LogP contribution in [0.15, 0.2) is 34.6 Å². The van der Waals surface area contributed by atoms with Gasteiger partial charge in [0.25, 0.3) is 0 Å². The van der Waals surface area contributed by atoms with Crippen molar-refractivity contribution in [3.63, 3.8) is 0 Å². The van der Waals surface area contributed by atoms with E-state index < -0.39 is 0 Å². The van der Waals surface area contributed by atoms with Crippen LogP contribution in [0.4, 0.5) is 0 Å². The topological polar surface area (TPSA) is 34.0 Å². The summed E-state index contributed by atoms with van der Waals surface area (Å²) in [6.45, 7) is 5.41. The standard InChI is InChI=1S/C8H10N2O/c1-4-5-7-8(9-3)6(2)10-11-7/h4-5H,1H2,2-3H3/b7-5+,9-8?. The summed E-state index contributed by atoms with van der Waals surface area (Å²) in [6, 6.07) is 0. The molecule has 0 unspecified atom stereocenters. The van der Waals surface area contributed by atoms with Crippen LogP contribution < -0.4 is 0 Å². The zero-order chi connectivity index (χ0) is 8.27. The van der Waals surface area contributed by atoms with Gasteiger partial charge in [-0.1, -0.05) is 17.8 Å². The molecule has 58 valence electrons. The first-order valence-electron chi connectivity index (χ1n) is 3.31. The summed E-state index contributed by atoms with van der Waals surface area (Å²) >= 11 is 0. The maximum Gasteiger partial charge on any atom is 0.185 e. The predicted molar refractivity (Wildman–Crippen MR) is 45.8 cm³/mol. The highest BCUT2D eigenvalue weighted by Crippen LogP contribution is 2.11. The van der Waals surface area contributed by atoms with Crippen molar-refractivity contribution in [3.05, 3.63) is 24.5 Å². The Hall–Kier alpha value is -1.38. The second kappa shape index (κ2) is 3.14. The van der Waals surface area contributed by atoms with Crippen molar-refractivity contribution < 1.29 is 4.84 Å². The molecule has 0 aliphatic carbocycles. The van der Waals surface area contributed by atoms with Crippen LogP contribution in [-0.4, -0.2) is 18.5 Å². The van der Waals surface area contributed by atoms with Crippen molar-refractivity contribution in [2.75, 3.05) is 7.05 Å². The molecule has 0 radical (unpaired) electrons. The molecule has 1 aliphatic rings. The van der Waals surface area contributed by atoms with Gasteiger partial charge in [0.1, 0.15) is 11.4 Å². The Balaban J connectivity index is 2.94. The Morgan fingerprint density at radius 1 is 1.64 bits per heavy atom. The fraction of sp³-hybridized carbons (Fsp3) is 0.250. The summed E-state index contributed by atoms with van der Waals surface area (Å²) in [6.07, 6.45) is 3.39. The third-order valence-corrected chi connectivity index (χ3v) is 1.35. The number of allylic oxidation sites excluding steroid dienone is 3. The Kier molecular flexibility index (Phi) is 2.21. The first-order chi connectivity index (χ1) is 5.29. The highest BCUT2D eigenvalue weighted by atomic mass is 16.6. The Morgan fingerprint density at radius 2 is 2.36 bits per heavy atom. The quantitative estimate of drug-likeness (QED) is 0.558. The van der Waals surface area contributed by atoms with Gasteiger partial charge in [-0.15, -0.1) is 0 Å². The summed E-state index contributed by atoms with van der Waals surface area (Å²) in [5, 5.41) is 3.76. The van der Waals surface area contributed by atoms with E-state index >= 15 is 0 Å². The van der Waals surface area contributed by atoms with Crippen LogP contribution in [0.1, 0.15) is 6.92 Å². The van der Waals surface area contributed by atoms with Gasteiger partial charge in [0.05, 0.1) is 0 Å². The first kappa shape index (κ1) is 7.72. The van der Waals surface area contributed by atoms with E-state index in [0.717, 1.165) is 11.4 Å². The van der Waals surface area contributed by atoms with Crippen LogP contribution in [0, 0.1) is 0 Å². The Labute approximate surface area is 65.8 Å².